The summed E-state index contributed by atoms with van der Waals surface area (Å²) in [4.78, 5) is 4.00. The van der Waals surface area contributed by atoms with Gasteiger partial charge in [0.1, 0.15) is 17.2 Å². The number of benzene rings is 2. The van der Waals surface area contributed by atoms with E-state index in [9.17, 15) is 8.78 Å². The van der Waals surface area contributed by atoms with Crippen LogP contribution < -0.4 is 15.2 Å². The Bertz CT molecular complexity index is 999. The maximum Gasteiger partial charge on any atom is 0.279 e. The molecule has 32 heavy (non-hydrogen) atoms. The van der Waals surface area contributed by atoms with Crippen LogP contribution in [0.4, 0.5) is 14.5 Å². The molecule has 3 rings (SSSR count). The summed E-state index contributed by atoms with van der Waals surface area (Å²) >= 11 is 0. The van der Waals surface area contributed by atoms with Crippen molar-refractivity contribution >= 4 is 16.8 Å². The molecule has 9 nitrogen and oxygen atoms in total. The van der Waals surface area contributed by atoms with Gasteiger partial charge in [0.05, 0.1) is 19.9 Å². The number of hydrogen-bond donors (Lipinski definition) is 2. The van der Waals surface area contributed by atoms with E-state index in [0.29, 0.717) is 22.7 Å². The van der Waals surface area contributed by atoms with Crippen molar-refractivity contribution in [3.8, 4) is 17.2 Å². The normalized spacial score (nSPS) is 10.7. The molecule has 0 unspecified atom stereocenters. The average molecular weight is 458 g/mol. The highest BCUT2D eigenvalue weighted by Crippen LogP contribution is 2.32. The number of methoxy groups -OCH3 is 5. The number of fused-ring (bicyclic) bond motifs is 1. The molecule has 0 atom stereocenters. The van der Waals surface area contributed by atoms with Gasteiger partial charge in [0, 0.05) is 59.4 Å². The zero-order valence-electron chi connectivity index (χ0n) is 19.0. The Balaban J connectivity index is 0.000000248. The second-order valence-corrected chi connectivity index (χ2v) is 6.21. The minimum absolute atomic E-state index is 0.0261. The molecule has 0 saturated carbocycles. The van der Waals surface area contributed by atoms with Gasteiger partial charge in [-0.15, -0.1) is 0 Å². The van der Waals surface area contributed by atoms with E-state index in [-0.39, 0.29) is 23.0 Å². The summed E-state index contributed by atoms with van der Waals surface area (Å²) in [5, 5.41) is 9.11. The number of halogens is 2. The number of nitrogen functional groups attached to an aromatic ring is 1. The van der Waals surface area contributed by atoms with Crippen LogP contribution in [-0.4, -0.2) is 51.6 Å². The Morgan fingerprint density at radius 2 is 1.41 bits per heavy atom. The van der Waals surface area contributed by atoms with Gasteiger partial charge in [-0.3, -0.25) is 0 Å². The summed E-state index contributed by atoms with van der Waals surface area (Å²) in [6.07, 6.45) is 0. The van der Waals surface area contributed by atoms with Gasteiger partial charge in [0.25, 0.3) is 5.97 Å². The van der Waals surface area contributed by atoms with Crippen LogP contribution in [-0.2, 0) is 14.2 Å². The lowest BCUT2D eigenvalue weighted by Gasteiger charge is -2.23. The summed E-state index contributed by atoms with van der Waals surface area (Å²) in [6, 6.07) is 4.67. The van der Waals surface area contributed by atoms with Gasteiger partial charge < -0.3 is 38.9 Å². The topological polar surface area (TPSA) is 118 Å². The summed E-state index contributed by atoms with van der Waals surface area (Å²) in [6.45, 7) is 3.39. The predicted octanol–water partition coefficient (Wildman–Crippen LogP) is 4.01. The maximum atomic E-state index is 12.9. The van der Waals surface area contributed by atoms with Crippen LogP contribution in [0.5, 0.6) is 17.2 Å². The van der Waals surface area contributed by atoms with Crippen LogP contribution in [0.15, 0.2) is 28.7 Å². The molecule has 0 aliphatic rings. The third kappa shape index (κ3) is 7.22. The SMILES string of the molecule is COC(C)(OC)OC.COc1cc(F)cc(N)c1O.COc1cc(F)cc2nc(C)oc12. The number of phenols is 1. The van der Waals surface area contributed by atoms with Crippen LogP contribution in [0.1, 0.15) is 12.8 Å². The Morgan fingerprint density at radius 3 is 1.88 bits per heavy atom. The number of rotatable bonds is 5. The van der Waals surface area contributed by atoms with E-state index in [1.807, 2.05) is 0 Å². The lowest BCUT2D eigenvalue weighted by Crippen LogP contribution is -2.31. The molecule has 0 aliphatic carbocycles. The summed E-state index contributed by atoms with van der Waals surface area (Å²) in [7, 11) is 7.35. The first-order valence-corrected chi connectivity index (χ1v) is 9.12. The van der Waals surface area contributed by atoms with E-state index in [0.717, 1.165) is 12.1 Å². The van der Waals surface area contributed by atoms with Gasteiger partial charge in [0.2, 0.25) is 0 Å². The lowest BCUT2D eigenvalue weighted by molar-refractivity contribution is -0.340. The molecule has 0 aliphatic heterocycles. The minimum Gasteiger partial charge on any atom is -0.503 e. The van der Waals surface area contributed by atoms with Crippen molar-refractivity contribution in [2.45, 2.75) is 19.8 Å². The molecule has 1 heterocycles. The quantitative estimate of drug-likeness (QED) is 0.332. The molecule has 0 saturated heterocycles. The molecule has 0 bridgehead atoms. The number of phenolic OH excluding ortho intramolecular Hbond substituents is 1. The largest absolute Gasteiger partial charge is 0.503 e. The fourth-order valence-electron chi connectivity index (χ4n) is 2.23. The lowest BCUT2D eigenvalue weighted by atomic mass is 10.2. The predicted molar refractivity (Wildman–Crippen MR) is 114 cm³/mol. The summed E-state index contributed by atoms with van der Waals surface area (Å²) in [5.41, 5.74) is 6.17. The Labute approximate surface area is 184 Å². The van der Waals surface area contributed by atoms with Crippen LogP contribution in [0, 0.1) is 18.6 Å². The van der Waals surface area contributed by atoms with E-state index in [1.165, 1.54) is 47.7 Å². The first-order chi connectivity index (χ1) is 15.0. The van der Waals surface area contributed by atoms with E-state index in [4.69, 9.17) is 34.2 Å². The van der Waals surface area contributed by atoms with E-state index in [1.54, 1.807) is 13.8 Å². The molecule has 178 valence electrons. The molecule has 2 aromatic carbocycles. The van der Waals surface area contributed by atoms with Crippen LogP contribution in [0.25, 0.3) is 11.1 Å². The highest BCUT2D eigenvalue weighted by atomic mass is 19.1. The van der Waals surface area contributed by atoms with Gasteiger partial charge in [-0.25, -0.2) is 13.8 Å². The molecule has 0 spiro atoms. The first kappa shape index (κ1) is 26.9. The molecule has 1 aromatic heterocycles. The highest BCUT2D eigenvalue weighted by Gasteiger charge is 2.20. The molecule has 0 amide bonds. The monoisotopic (exact) mass is 458 g/mol. The Kier molecular flexibility index (Phi) is 10.1. The van der Waals surface area contributed by atoms with E-state index in [2.05, 4.69) is 9.72 Å². The van der Waals surface area contributed by atoms with Crippen molar-refractivity contribution in [1.29, 1.82) is 0 Å². The van der Waals surface area contributed by atoms with Crippen LogP contribution in [0.2, 0.25) is 0 Å². The molecule has 0 radical (unpaired) electrons. The summed E-state index contributed by atoms with van der Waals surface area (Å²) < 4.78 is 54.7. The van der Waals surface area contributed by atoms with Crippen molar-refractivity contribution < 1.29 is 42.0 Å². The fraction of sp³-hybridized carbons (Fsp3) is 0.381. The number of oxazole rings is 1. The van der Waals surface area contributed by atoms with Crippen LogP contribution >= 0.6 is 0 Å². The van der Waals surface area contributed by atoms with Crippen molar-refractivity contribution in [2.24, 2.45) is 0 Å². The van der Waals surface area contributed by atoms with Gasteiger partial charge in [0.15, 0.2) is 28.7 Å². The number of nitrogens with zero attached hydrogens (tertiary/aromatic N) is 1. The standard InChI is InChI=1S/C9H8FNO2.C7H8FNO2.C5H12O3/c1-5-11-7-3-6(10)4-8(12-2)9(7)13-5;1-11-6-3-4(8)2-5(9)7(6)10;1-5(6-2,7-3)8-4/h3-4H,1-2H3;2-3,10H,9H2,1H3;1-4H3. The highest BCUT2D eigenvalue weighted by molar-refractivity contribution is 5.79. The number of hydrogen-bond acceptors (Lipinski definition) is 9. The van der Waals surface area contributed by atoms with Crippen molar-refractivity contribution in [1.82, 2.24) is 4.98 Å². The maximum absolute atomic E-state index is 12.9. The number of anilines is 1. The zero-order valence-corrected chi connectivity index (χ0v) is 19.0. The number of aryl methyl sites for hydroxylation is 1. The second-order valence-electron chi connectivity index (χ2n) is 6.21. The van der Waals surface area contributed by atoms with Gasteiger partial charge in [-0.05, 0) is 0 Å². The molecule has 3 aromatic rings. The van der Waals surface area contributed by atoms with E-state index < -0.39 is 11.8 Å². The fourth-order valence-corrected chi connectivity index (χ4v) is 2.23. The molecule has 3 N–H and O–H groups in total. The smallest absolute Gasteiger partial charge is 0.279 e. The second kappa shape index (κ2) is 12.0. The molecular formula is C21H28F2N2O7. The number of aromatic hydroxyl groups is 1. The third-order valence-electron chi connectivity index (χ3n) is 4.15. The molecule has 0 fully saturated rings. The minimum atomic E-state index is -0.875. The van der Waals surface area contributed by atoms with Gasteiger partial charge >= 0.3 is 0 Å². The molecule has 11 heteroatoms. The van der Waals surface area contributed by atoms with Crippen molar-refractivity contribution in [3.05, 3.63) is 41.8 Å². The summed E-state index contributed by atoms with van der Waals surface area (Å²) in [5.74, 6) is -1.10. The van der Waals surface area contributed by atoms with Crippen molar-refractivity contribution in [2.75, 3.05) is 41.3 Å². The number of nitrogens with two attached hydrogens (primary N) is 1. The van der Waals surface area contributed by atoms with E-state index >= 15 is 0 Å². The molecular weight excluding hydrogens is 430 g/mol. The zero-order chi connectivity index (χ0) is 24.5. The first-order valence-electron chi connectivity index (χ1n) is 9.12. The Hall–Kier alpha value is -3.15. The average Bonchev–Trinajstić information content (AvgIpc) is 3.15. The number of aromatic nitrogens is 1. The number of ether oxygens (including phenoxy) is 5. The third-order valence-corrected chi connectivity index (χ3v) is 4.15. The van der Waals surface area contributed by atoms with Crippen LogP contribution in [0.3, 0.4) is 0 Å². The van der Waals surface area contributed by atoms with Gasteiger partial charge in [-0.2, -0.15) is 0 Å². The van der Waals surface area contributed by atoms with Gasteiger partial charge in [-0.1, -0.05) is 0 Å². The Morgan fingerprint density at radius 1 is 0.906 bits per heavy atom. The van der Waals surface area contributed by atoms with Crippen molar-refractivity contribution in [3.63, 3.8) is 0 Å².